The van der Waals surface area contributed by atoms with Crippen molar-refractivity contribution in [2.45, 2.75) is 33.1 Å². The summed E-state index contributed by atoms with van der Waals surface area (Å²) < 4.78 is 5.85. The first-order valence-electron chi connectivity index (χ1n) is 12.4. The van der Waals surface area contributed by atoms with Crippen LogP contribution in [0, 0.1) is 13.8 Å². The SMILES string of the molecule is Cc1cc(C)nc(Oc2ccc(N3CCN(CCCCc4c[nH]c5ccc(Cl)cc45)CC3)cc2)n1. The number of piperazine rings is 1. The Morgan fingerprint density at radius 2 is 1.66 bits per heavy atom. The quantitative estimate of drug-likeness (QED) is 0.300. The summed E-state index contributed by atoms with van der Waals surface area (Å²) in [6.07, 6.45) is 5.61. The van der Waals surface area contributed by atoms with E-state index in [-0.39, 0.29) is 0 Å². The Hall–Kier alpha value is -3.09. The normalized spacial score (nSPS) is 14.5. The number of benzene rings is 2. The van der Waals surface area contributed by atoms with Crippen LogP contribution in [-0.4, -0.2) is 52.6 Å². The van der Waals surface area contributed by atoms with E-state index in [1.165, 1.54) is 35.0 Å². The van der Waals surface area contributed by atoms with E-state index >= 15 is 0 Å². The van der Waals surface area contributed by atoms with Crippen molar-refractivity contribution in [2.75, 3.05) is 37.6 Å². The van der Waals surface area contributed by atoms with Gasteiger partial charge in [0.2, 0.25) is 0 Å². The zero-order valence-electron chi connectivity index (χ0n) is 20.4. The number of hydrogen-bond acceptors (Lipinski definition) is 5. The molecule has 1 saturated heterocycles. The van der Waals surface area contributed by atoms with Crippen molar-refractivity contribution >= 4 is 28.2 Å². The molecule has 6 nitrogen and oxygen atoms in total. The third kappa shape index (κ3) is 5.95. The molecule has 5 rings (SSSR count). The molecule has 0 bridgehead atoms. The molecule has 7 heteroatoms. The van der Waals surface area contributed by atoms with Crippen LogP contribution in [0.15, 0.2) is 54.7 Å². The monoisotopic (exact) mass is 489 g/mol. The minimum atomic E-state index is 0.400. The standard InChI is InChI=1S/C28H32ClN5O/c1-20-17-21(2)32-28(31-20)35-25-9-7-24(8-10-25)34-15-13-33(14-16-34)12-4-3-5-22-19-30-27-11-6-23(29)18-26(22)27/h6-11,17-19,30H,3-5,12-16H2,1-2H3. The lowest BCUT2D eigenvalue weighted by Crippen LogP contribution is -2.46. The average molecular weight is 490 g/mol. The van der Waals surface area contributed by atoms with E-state index in [1.807, 2.05) is 38.1 Å². The van der Waals surface area contributed by atoms with Crippen LogP contribution in [0.1, 0.15) is 29.8 Å². The number of nitrogens with zero attached hydrogens (tertiary/aromatic N) is 4. The maximum absolute atomic E-state index is 6.18. The third-order valence-electron chi connectivity index (χ3n) is 6.64. The first-order chi connectivity index (χ1) is 17.0. The second-order valence-corrected chi connectivity index (χ2v) is 9.76. The van der Waals surface area contributed by atoms with Crippen LogP contribution in [0.5, 0.6) is 11.8 Å². The van der Waals surface area contributed by atoms with Gasteiger partial charge in [0.15, 0.2) is 0 Å². The van der Waals surface area contributed by atoms with Gasteiger partial charge in [-0.05, 0) is 93.7 Å². The van der Waals surface area contributed by atoms with Crippen LogP contribution < -0.4 is 9.64 Å². The zero-order valence-corrected chi connectivity index (χ0v) is 21.2. The van der Waals surface area contributed by atoms with Gasteiger partial charge in [-0.2, -0.15) is 0 Å². The van der Waals surface area contributed by atoms with Gasteiger partial charge in [0.25, 0.3) is 0 Å². The largest absolute Gasteiger partial charge is 0.424 e. The molecule has 3 heterocycles. The van der Waals surface area contributed by atoms with E-state index < -0.39 is 0 Å². The van der Waals surface area contributed by atoms with Gasteiger partial charge in [-0.3, -0.25) is 4.90 Å². The minimum absolute atomic E-state index is 0.400. The highest BCUT2D eigenvalue weighted by Gasteiger charge is 2.17. The first-order valence-corrected chi connectivity index (χ1v) is 12.7. The van der Waals surface area contributed by atoms with Crippen LogP contribution in [0.2, 0.25) is 5.02 Å². The van der Waals surface area contributed by atoms with Crippen LogP contribution >= 0.6 is 11.6 Å². The third-order valence-corrected chi connectivity index (χ3v) is 6.88. The summed E-state index contributed by atoms with van der Waals surface area (Å²) in [5.74, 6) is 0.759. The van der Waals surface area contributed by atoms with Gasteiger partial charge in [0.1, 0.15) is 5.75 Å². The predicted octanol–water partition coefficient (Wildman–Crippen LogP) is 6.17. The zero-order chi connectivity index (χ0) is 24.2. The van der Waals surface area contributed by atoms with E-state index in [0.717, 1.165) is 61.3 Å². The van der Waals surface area contributed by atoms with Crippen molar-refractivity contribution in [1.82, 2.24) is 19.9 Å². The second kappa shape index (κ2) is 10.7. The summed E-state index contributed by atoms with van der Waals surface area (Å²) in [5, 5.41) is 2.05. The Balaban J connectivity index is 1.06. The Bertz CT molecular complexity index is 1260. The molecule has 0 unspecified atom stereocenters. The van der Waals surface area contributed by atoms with Crippen molar-refractivity contribution in [3.05, 3.63) is 76.7 Å². The number of nitrogens with one attached hydrogen (secondary N) is 1. The summed E-state index contributed by atoms with van der Waals surface area (Å²) in [4.78, 5) is 17.1. The molecule has 0 amide bonds. The summed E-state index contributed by atoms with van der Waals surface area (Å²) in [6, 6.07) is 16.7. The number of rotatable bonds is 8. The number of unbranched alkanes of at least 4 members (excludes halogenated alkanes) is 1. The molecule has 2 aromatic heterocycles. The maximum atomic E-state index is 6.18. The topological polar surface area (TPSA) is 57.3 Å². The number of aromatic nitrogens is 3. The summed E-state index contributed by atoms with van der Waals surface area (Å²) in [6.45, 7) is 9.33. The molecule has 1 fully saturated rings. The molecular formula is C28H32ClN5O. The van der Waals surface area contributed by atoms with E-state index in [0.29, 0.717) is 6.01 Å². The molecule has 182 valence electrons. The van der Waals surface area contributed by atoms with Crippen LogP contribution in [0.25, 0.3) is 10.9 Å². The number of anilines is 1. The fourth-order valence-electron chi connectivity index (χ4n) is 4.81. The van der Waals surface area contributed by atoms with Crippen LogP contribution in [0.3, 0.4) is 0 Å². The van der Waals surface area contributed by atoms with Crippen LogP contribution in [-0.2, 0) is 6.42 Å². The Morgan fingerprint density at radius 1 is 0.914 bits per heavy atom. The molecule has 1 aliphatic heterocycles. The second-order valence-electron chi connectivity index (χ2n) is 9.32. The van der Waals surface area contributed by atoms with Gasteiger partial charge in [-0.1, -0.05) is 11.6 Å². The highest BCUT2D eigenvalue weighted by atomic mass is 35.5. The van der Waals surface area contributed by atoms with Gasteiger partial charge in [-0.25, -0.2) is 9.97 Å². The van der Waals surface area contributed by atoms with Gasteiger partial charge in [0, 0.05) is 65.4 Å². The Morgan fingerprint density at radius 3 is 2.40 bits per heavy atom. The Labute approximate surface area is 211 Å². The molecule has 4 aromatic rings. The van der Waals surface area contributed by atoms with Gasteiger partial charge in [-0.15, -0.1) is 0 Å². The number of H-pyrrole nitrogens is 1. The first kappa shape index (κ1) is 23.6. The molecule has 0 radical (unpaired) electrons. The highest BCUT2D eigenvalue weighted by molar-refractivity contribution is 6.31. The van der Waals surface area contributed by atoms with Crippen molar-refractivity contribution in [1.29, 1.82) is 0 Å². The van der Waals surface area contributed by atoms with E-state index in [9.17, 15) is 0 Å². The number of ether oxygens (including phenoxy) is 1. The van der Waals surface area contributed by atoms with Crippen LogP contribution in [0.4, 0.5) is 5.69 Å². The number of hydrogen-bond donors (Lipinski definition) is 1. The van der Waals surface area contributed by atoms with Crippen molar-refractivity contribution in [3.63, 3.8) is 0 Å². The lowest BCUT2D eigenvalue weighted by molar-refractivity contribution is 0.253. The average Bonchev–Trinajstić information content (AvgIpc) is 3.24. The van der Waals surface area contributed by atoms with E-state index in [4.69, 9.17) is 16.3 Å². The molecule has 0 aliphatic carbocycles. The minimum Gasteiger partial charge on any atom is -0.424 e. The highest BCUT2D eigenvalue weighted by Crippen LogP contribution is 2.25. The summed E-state index contributed by atoms with van der Waals surface area (Å²) >= 11 is 6.18. The van der Waals surface area contributed by atoms with Crippen molar-refractivity contribution in [2.24, 2.45) is 0 Å². The fourth-order valence-corrected chi connectivity index (χ4v) is 4.98. The van der Waals surface area contributed by atoms with E-state index in [1.54, 1.807) is 0 Å². The Kier molecular flexibility index (Phi) is 7.21. The molecule has 1 N–H and O–H groups in total. The molecule has 0 saturated carbocycles. The lowest BCUT2D eigenvalue weighted by Gasteiger charge is -2.36. The number of fused-ring (bicyclic) bond motifs is 1. The predicted molar refractivity (Wildman–Crippen MR) is 143 cm³/mol. The molecular weight excluding hydrogens is 458 g/mol. The summed E-state index contributed by atoms with van der Waals surface area (Å²) in [5.41, 5.74) is 5.58. The van der Waals surface area contributed by atoms with Crippen molar-refractivity contribution in [3.8, 4) is 11.8 Å². The fraction of sp³-hybridized carbons (Fsp3) is 0.357. The molecule has 1 aliphatic rings. The smallest absolute Gasteiger partial charge is 0.322 e. The van der Waals surface area contributed by atoms with Gasteiger partial charge in [0.05, 0.1) is 0 Å². The number of aromatic amines is 1. The van der Waals surface area contributed by atoms with E-state index in [2.05, 4.69) is 55.2 Å². The maximum Gasteiger partial charge on any atom is 0.322 e. The number of aryl methyl sites for hydroxylation is 3. The van der Waals surface area contributed by atoms with Crippen molar-refractivity contribution < 1.29 is 4.74 Å². The number of halogens is 1. The molecule has 0 spiro atoms. The lowest BCUT2D eigenvalue weighted by atomic mass is 10.1. The van der Waals surface area contributed by atoms with Gasteiger partial charge < -0.3 is 14.6 Å². The summed E-state index contributed by atoms with van der Waals surface area (Å²) in [7, 11) is 0. The molecule has 0 atom stereocenters. The molecule has 35 heavy (non-hydrogen) atoms. The molecule has 2 aromatic carbocycles. The van der Waals surface area contributed by atoms with Gasteiger partial charge >= 0.3 is 6.01 Å².